The molecule has 4 heteroatoms. The second-order valence-corrected chi connectivity index (χ2v) is 3.18. The van der Waals surface area contributed by atoms with Crippen molar-refractivity contribution >= 4 is 28.9 Å². The first-order valence-corrected chi connectivity index (χ1v) is 4.25. The molecule has 0 atom stereocenters. The summed E-state index contributed by atoms with van der Waals surface area (Å²) < 4.78 is 18.2. The number of benzene rings is 1. The monoisotopic (exact) mass is 280 g/mol. The quantitative estimate of drug-likeness (QED) is 0.613. The van der Waals surface area contributed by atoms with Crippen molar-refractivity contribution in [2.24, 2.45) is 0 Å². The topological polar surface area (TPSA) is 26.3 Å². The summed E-state index contributed by atoms with van der Waals surface area (Å²) in [5.41, 5.74) is 0.439. The Kier molecular flexibility index (Phi) is 3.02. The average molecular weight is 280 g/mol. The second kappa shape index (κ2) is 3.84. The largest absolute Gasteiger partial charge is 0.493 e. The molecule has 0 aliphatic rings. The van der Waals surface area contributed by atoms with Crippen molar-refractivity contribution in [3.63, 3.8) is 0 Å². The fourth-order valence-electron chi connectivity index (χ4n) is 0.826. The Bertz CT molecular complexity index is 312. The minimum absolute atomic E-state index is 0.125. The standard InChI is InChI=1S/C8H6FIO2/c1-12-8-6(9)3-2-5(4-11)7(8)10/h2-4H,1H3. The molecule has 0 amide bonds. The van der Waals surface area contributed by atoms with E-state index in [0.29, 0.717) is 15.4 Å². The van der Waals surface area contributed by atoms with Gasteiger partial charge >= 0.3 is 0 Å². The van der Waals surface area contributed by atoms with Crippen LogP contribution >= 0.6 is 22.6 Å². The molecule has 2 nitrogen and oxygen atoms in total. The lowest BCUT2D eigenvalue weighted by atomic mass is 10.2. The smallest absolute Gasteiger partial charge is 0.168 e. The maximum absolute atomic E-state index is 12.9. The van der Waals surface area contributed by atoms with E-state index in [-0.39, 0.29) is 5.75 Å². The van der Waals surface area contributed by atoms with Crippen LogP contribution in [0.2, 0.25) is 0 Å². The van der Waals surface area contributed by atoms with Crippen molar-refractivity contribution in [3.8, 4) is 5.75 Å². The van der Waals surface area contributed by atoms with Gasteiger partial charge in [-0.15, -0.1) is 0 Å². The normalized spacial score (nSPS) is 9.58. The number of hydrogen-bond acceptors (Lipinski definition) is 2. The molecule has 0 heterocycles. The van der Waals surface area contributed by atoms with Gasteiger partial charge in [0.25, 0.3) is 0 Å². The Balaban J connectivity index is 3.33. The summed E-state index contributed by atoms with van der Waals surface area (Å²) in [7, 11) is 1.37. The molecule has 0 bridgehead atoms. The van der Waals surface area contributed by atoms with E-state index >= 15 is 0 Å². The SMILES string of the molecule is COc1c(F)ccc(C=O)c1I. The molecule has 1 aromatic rings. The van der Waals surface area contributed by atoms with Crippen LogP contribution in [0.1, 0.15) is 10.4 Å². The number of carbonyl (C=O) groups is 1. The summed E-state index contributed by atoms with van der Waals surface area (Å²) >= 11 is 1.87. The first kappa shape index (κ1) is 9.44. The van der Waals surface area contributed by atoms with Gasteiger partial charge in [0, 0.05) is 5.56 Å². The van der Waals surface area contributed by atoms with Crippen LogP contribution in [0.4, 0.5) is 4.39 Å². The molecule has 12 heavy (non-hydrogen) atoms. The summed E-state index contributed by atoms with van der Waals surface area (Å²) in [6.07, 6.45) is 0.670. The number of hydrogen-bond donors (Lipinski definition) is 0. The predicted molar refractivity (Wildman–Crippen MR) is 51.1 cm³/mol. The second-order valence-electron chi connectivity index (χ2n) is 2.10. The third-order valence-corrected chi connectivity index (χ3v) is 2.52. The van der Waals surface area contributed by atoms with Gasteiger partial charge < -0.3 is 4.74 Å². The van der Waals surface area contributed by atoms with Crippen LogP contribution in [0.25, 0.3) is 0 Å². The van der Waals surface area contributed by atoms with Gasteiger partial charge in [-0.05, 0) is 34.7 Å². The van der Waals surface area contributed by atoms with Crippen molar-refractivity contribution < 1.29 is 13.9 Å². The van der Waals surface area contributed by atoms with Crippen LogP contribution in [0.5, 0.6) is 5.75 Å². The molecule has 0 aliphatic carbocycles. The molecular weight excluding hydrogens is 274 g/mol. The van der Waals surface area contributed by atoms with Crippen molar-refractivity contribution in [1.29, 1.82) is 0 Å². The molecule has 0 aliphatic heterocycles. The van der Waals surface area contributed by atoms with Gasteiger partial charge in [0.15, 0.2) is 17.9 Å². The molecule has 1 rings (SSSR count). The van der Waals surface area contributed by atoms with Gasteiger partial charge in [-0.3, -0.25) is 4.79 Å². The summed E-state index contributed by atoms with van der Waals surface area (Å²) in [6.45, 7) is 0. The maximum Gasteiger partial charge on any atom is 0.168 e. The molecule has 0 spiro atoms. The van der Waals surface area contributed by atoms with E-state index in [0.717, 1.165) is 0 Å². The zero-order valence-electron chi connectivity index (χ0n) is 6.30. The Morgan fingerprint density at radius 1 is 1.58 bits per heavy atom. The number of ether oxygens (including phenoxy) is 1. The van der Waals surface area contributed by atoms with E-state index in [2.05, 4.69) is 0 Å². The number of methoxy groups -OCH3 is 1. The summed E-state index contributed by atoms with van der Waals surface area (Å²) in [4.78, 5) is 10.4. The van der Waals surface area contributed by atoms with E-state index in [1.807, 2.05) is 22.6 Å². The van der Waals surface area contributed by atoms with E-state index in [4.69, 9.17) is 4.74 Å². The zero-order chi connectivity index (χ0) is 9.14. The predicted octanol–water partition coefficient (Wildman–Crippen LogP) is 2.25. The van der Waals surface area contributed by atoms with Crippen LogP contribution in [0.15, 0.2) is 12.1 Å². The van der Waals surface area contributed by atoms with Gasteiger partial charge in [-0.25, -0.2) is 4.39 Å². The van der Waals surface area contributed by atoms with Crippen molar-refractivity contribution in [3.05, 3.63) is 27.1 Å². The van der Waals surface area contributed by atoms with Crippen molar-refractivity contribution in [2.75, 3.05) is 7.11 Å². The third kappa shape index (κ3) is 1.57. The fraction of sp³-hybridized carbons (Fsp3) is 0.125. The highest BCUT2D eigenvalue weighted by molar-refractivity contribution is 14.1. The molecule has 0 unspecified atom stereocenters. The van der Waals surface area contributed by atoms with E-state index in [9.17, 15) is 9.18 Å². The van der Waals surface area contributed by atoms with Gasteiger partial charge in [0.05, 0.1) is 10.7 Å². The molecule has 0 radical (unpaired) electrons. The molecule has 0 fully saturated rings. The lowest BCUT2D eigenvalue weighted by molar-refractivity contribution is 0.112. The highest BCUT2D eigenvalue weighted by atomic mass is 127. The van der Waals surface area contributed by atoms with Gasteiger partial charge in [0.1, 0.15) is 0 Å². The summed E-state index contributed by atoms with van der Waals surface area (Å²) in [5, 5.41) is 0. The lowest BCUT2D eigenvalue weighted by Crippen LogP contribution is -1.95. The van der Waals surface area contributed by atoms with Crippen molar-refractivity contribution in [2.45, 2.75) is 0 Å². The molecule has 0 N–H and O–H groups in total. The third-order valence-electron chi connectivity index (χ3n) is 1.41. The van der Waals surface area contributed by atoms with Crippen LogP contribution in [0.3, 0.4) is 0 Å². The Morgan fingerprint density at radius 3 is 2.75 bits per heavy atom. The summed E-state index contributed by atoms with van der Waals surface area (Å²) in [6, 6.07) is 2.64. The van der Waals surface area contributed by atoms with Gasteiger partial charge in [-0.1, -0.05) is 0 Å². The molecule has 0 saturated carbocycles. The Hall–Kier alpha value is -0.650. The first-order chi connectivity index (χ1) is 5.70. The number of halogens is 2. The number of carbonyl (C=O) groups excluding carboxylic acids is 1. The van der Waals surface area contributed by atoms with Crippen molar-refractivity contribution in [1.82, 2.24) is 0 Å². The molecule has 0 aromatic heterocycles. The first-order valence-electron chi connectivity index (χ1n) is 3.18. The van der Waals surface area contributed by atoms with Crippen LogP contribution in [-0.4, -0.2) is 13.4 Å². The minimum Gasteiger partial charge on any atom is -0.493 e. The lowest BCUT2D eigenvalue weighted by Gasteiger charge is -2.05. The average Bonchev–Trinajstić information content (AvgIpc) is 2.06. The van der Waals surface area contributed by atoms with Crippen LogP contribution in [0, 0.1) is 9.39 Å². The van der Waals surface area contributed by atoms with Gasteiger partial charge in [0.2, 0.25) is 0 Å². The zero-order valence-corrected chi connectivity index (χ0v) is 8.46. The van der Waals surface area contributed by atoms with E-state index < -0.39 is 5.82 Å². The number of rotatable bonds is 2. The van der Waals surface area contributed by atoms with Crippen LogP contribution < -0.4 is 4.74 Å². The molecular formula is C8H6FIO2. The Labute approximate surface area is 82.9 Å². The van der Waals surface area contributed by atoms with Gasteiger partial charge in [-0.2, -0.15) is 0 Å². The summed E-state index contributed by atoms with van der Waals surface area (Å²) in [5.74, 6) is -0.326. The molecule has 0 saturated heterocycles. The Morgan fingerprint density at radius 2 is 2.25 bits per heavy atom. The highest BCUT2D eigenvalue weighted by Crippen LogP contribution is 2.26. The maximum atomic E-state index is 12.9. The molecule has 64 valence electrons. The molecule has 1 aromatic carbocycles. The van der Waals surface area contributed by atoms with E-state index in [1.54, 1.807) is 0 Å². The number of aldehydes is 1. The minimum atomic E-state index is -0.451. The highest BCUT2D eigenvalue weighted by Gasteiger charge is 2.10. The fourth-order valence-corrected chi connectivity index (χ4v) is 1.61. The van der Waals surface area contributed by atoms with Crippen LogP contribution in [-0.2, 0) is 0 Å². The van der Waals surface area contributed by atoms with E-state index in [1.165, 1.54) is 19.2 Å².